The fraction of sp³-hybridized carbons (Fsp3) is 0.615. The molecule has 0 aliphatic carbocycles. The maximum atomic E-state index is 13.7. The first kappa shape index (κ1) is 57.2. The second kappa shape index (κ2) is 36.5. The number of carbonyl (C=O) groups is 8. The molecule has 1 rings (SSSR count). The molecule has 0 saturated heterocycles. The molecule has 0 saturated carbocycles. The first-order valence-electron chi connectivity index (χ1n) is 21.1. The van der Waals surface area contributed by atoms with Crippen molar-refractivity contribution in [1.82, 2.24) is 42.5 Å². The van der Waals surface area contributed by atoms with Gasteiger partial charge in [0.2, 0.25) is 35.4 Å². The number of aliphatic carboxylic acids is 1. The third-order valence-electron chi connectivity index (χ3n) is 8.69. The highest BCUT2D eigenvalue weighted by Gasteiger charge is 2.28. The number of rotatable bonds is 38. The van der Waals surface area contributed by atoms with Crippen molar-refractivity contribution in [2.45, 2.75) is 69.6 Å². The van der Waals surface area contributed by atoms with E-state index in [4.69, 9.17) is 46.5 Å². The zero-order chi connectivity index (χ0) is 48.8. The van der Waals surface area contributed by atoms with Crippen LogP contribution < -0.4 is 54.0 Å². The molecule has 0 aliphatic heterocycles. The van der Waals surface area contributed by atoms with Gasteiger partial charge in [-0.05, 0) is 43.2 Å². The molecule has 0 bridgehead atoms. The second-order valence-electron chi connectivity index (χ2n) is 14.0. The molecular weight excluding hydrogens is 873 g/mol. The van der Waals surface area contributed by atoms with Crippen LogP contribution in [0, 0.1) is 5.41 Å². The van der Waals surface area contributed by atoms with Crippen molar-refractivity contribution in [2.24, 2.45) is 16.6 Å². The molecule has 14 N–H and O–H groups in total. The topological polar surface area (TPSA) is 415 Å². The lowest BCUT2D eigenvalue weighted by molar-refractivity contribution is -0.140. The molecule has 0 spiro atoms. The van der Waals surface area contributed by atoms with Gasteiger partial charge in [-0.1, -0.05) is 35.4 Å². The van der Waals surface area contributed by atoms with Gasteiger partial charge in [-0.15, -0.1) is 0 Å². The van der Waals surface area contributed by atoms with Crippen molar-refractivity contribution < 1.29 is 62.4 Å². The number of hydrogen-bond acceptors (Lipinski definition) is 14. The van der Waals surface area contributed by atoms with Gasteiger partial charge in [-0.2, -0.15) is 0 Å². The Morgan fingerprint density at radius 3 is 1.86 bits per heavy atom. The number of guanidine groups is 1. The predicted molar refractivity (Wildman–Crippen MR) is 235 cm³/mol. The van der Waals surface area contributed by atoms with Gasteiger partial charge in [0.15, 0.2) is 5.96 Å². The molecule has 1 aromatic rings. The molecule has 0 fully saturated rings. The van der Waals surface area contributed by atoms with Crippen LogP contribution in [-0.2, 0) is 59.1 Å². The molecule has 368 valence electrons. The fourth-order valence-corrected chi connectivity index (χ4v) is 5.39. The number of primary amides is 1. The minimum absolute atomic E-state index is 0.000247. The number of carboxylic acids is 1. The van der Waals surface area contributed by atoms with Gasteiger partial charge in [0, 0.05) is 37.5 Å². The van der Waals surface area contributed by atoms with Gasteiger partial charge in [0.1, 0.15) is 24.7 Å². The smallest absolute Gasteiger partial charge is 0.315 e. The first-order valence-corrected chi connectivity index (χ1v) is 21.1. The maximum Gasteiger partial charge on any atom is 0.315 e. The predicted octanol–water partition coefficient (Wildman–Crippen LogP) is -2.67. The van der Waals surface area contributed by atoms with Crippen LogP contribution in [0.3, 0.4) is 0 Å². The number of hydrogen-bond donors (Lipinski definition) is 12. The number of urea groups is 1. The first-order chi connectivity index (χ1) is 31.7. The van der Waals surface area contributed by atoms with Gasteiger partial charge < -0.3 is 78.1 Å². The number of unbranched alkanes of at least 4 members (excludes halogenated alkanes) is 1. The molecule has 27 heteroatoms. The molecule has 0 radical (unpaired) electrons. The van der Waals surface area contributed by atoms with Gasteiger partial charge in [0.25, 0.3) is 0 Å². The Morgan fingerprint density at radius 2 is 1.24 bits per heavy atom. The second-order valence-corrected chi connectivity index (χ2v) is 14.0. The van der Waals surface area contributed by atoms with Gasteiger partial charge >= 0.3 is 12.0 Å². The molecule has 1 aromatic carbocycles. The molecule has 0 heterocycles. The van der Waals surface area contributed by atoms with E-state index in [-0.39, 0.29) is 90.1 Å². The van der Waals surface area contributed by atoms with Crippen LogP contribution in [0.2, 0.25) is 0 Å². The molecule has 3 atom stereocenters. The Morgan fingerprint density at radius 1 is 0.652 bits per heavy atom. The summed E-state index contributed by atoms with van der Waals surface area (Å²) in [6, 6.07) is 4.44. The summed E-state index contributed by atoms with van der Waals surface area (Å²) in [5, 5.41) is 39.8. The Balaban J connectivity index is 2.58. The summed E-state index contributed by atoms with van der Waals surface area (Å²) in [6.07, 6.45) is 0.430. The van der Waals surface area contributed by atoms with E-state index in [2.05, 4.69) is 52.6 Å². The van der Waals surface area contributed by atoms with Crippen LogP contribution in [0.5, 0.6) is 0 Å². The maximum absolute atomic E-state index is 13.7. The molecule has 27 nitrogen and oxygen atoms in total. The van der Waals surface area contributed by atoms with Gasteiger partial charge in [-0.25, -0.2) is 4.79 Å². The number of nitrogens with zero attached hydrogens (tertiary/aromatic N) is 3. The molecular formula is C39H64N14O13. The Hall–Kier alpha value is -6.80. The number of benzene rings is 1. The Labute approximate surface area is 381 Å². The average molecular weight is 937 g/mol. The van der Waals surface area contributed by atoms with Gasteiger partial charge in [-0.3, -0.25) is 39.0 Å². The molecule has 8 amide bonds. The number of nitrogens with two attached hydrogens (primary N) is 2. The Kier molecular flexibility index (Phi) is 31.7. The lowest BCUT2D eigenvalue weighted by Crippen LogP contribution is -2.56. The quantitative estimate of drug-likeness (QED) is 0.00804. The summed E-state index contributed by atoms with van der Waals surface area (Å²) in [5.41, 5.74) is 19.5. The van der Waals surface area contributed by atoms with Crippen molar-refractivity contribution in [3.63, 3.8) is 0 Å². The van der Waals surface area contributed by atoms with E-state index >= 15 is 0 Å². The number of amides is 8. The largest absolute Gasteiger partial charge is 0.481 e. The number of azide groups is 1. The van der Waals surface area contributed by atoms with E-state index in [1.165, 1.54) is 0 Å². The van der Waals surface area contributed by atoms with E-state index in [9.17, 15) is 38.4 Å². The molecule has 0 unspecified atom stereocenters. The van der Waals surface area contributed by atoms with E-state index in [0.29, 0.717) is 45.9 Å². The van der Waals surface area contributed by atoms with Crippen LogP contribution in [0.1, 0.15) is 50.5 Å². The van der Waals surface area contributed by atoms with Crippen LogP contribution >= 0.6 is 0 Å². The van der Waals surface area contributed by atoms with Crippen LogP contribution in [-0.4, -0.2) is 162 Å². The van der Waals surface area contributed by atoms with Crippen molar-refractivity contribution in [3.8, 4) is 0 Å². The minimum atomic E-state index is -1.53. The molecule has 66 heavy (non-hydrogen) atoms. The van der Waals surface area contributed by atoms with E-state index in [1.54, 1.807) is 24.3 Å². The highest BCUT2D eigenvalue weighted by molar-refractivity contribution is 5.94. The van der Waals surface area contributed by atoms with Gasteiger partial charge in [0.05, 0.1) is 65.8 Å². The third-order valence-corrected chi connectivity index (χ3v) is 8.69. The van der Waals surface area contributed by atoms with Crippen LogP contribution in [0.25, 0.3) is 10.4 Å². The summed E-state index contributed by atoms with van der Waals surface area (Å²) in [7, 11) is 0. The van der Waals surface area contributed by atoms with Crippen molar-refractivity contribution in [1.29, 1.82) is 5.41 Å². The fourth-order valence-electron chi connectivity index (χ4n) is 5.39. The number of nitrogens with one attached hydrogen (secondary N) is 9. The average Bonchev–Trinajstić information content (AvgIpc) is 3.28. The van der Waals surface area contributed by atoms with Crippen molar-refractivity contribution in [2.75, 3.05) is 85.6 Å². The number of carbonyl (C=O) groups excluding carboxylic acids is 7. The SMILES string of the molecule is [N-]=[N+]=NCC(=O)NCCOCCOCCOCCOCCC(=O)NCCCC[C@H](NC(=O)NCc1ccccc1)C(=O)N[C@@H](CCCNC(=N)N)C(=O)NCC(=O)N[C@@H](CC(=O)O)C(N)=O. The van der Waals surface area contributed by atoms with Crippen LogP contribution in [0.15, 0.2) is 35.4 Å². The Bertz CT molecular complexity index is 1720. The van der Waals surface area contributed by atoms with Crippen LogP contribution in [0.4, 0.5) is 4.79 Å². The highest BCUT2D eigenvalue weighted by atomic mass is 16.6. The van der Waals surface area contributed by atoms with Crippen molar-refractivity contribution >= 4 is 53.4 Å². The van der Waals surface area contributed by atoms with E-state index < -0.39 is 72.6 Å². The molecule has 0 aromatic heterocycles. The summed E-state index contributed by atoms with van der Waals surface area (Å²) in [5.74, 6) is -5.91. The lowest BCUT2D eigenvalue weighted by Gasteiger charge is -2.24. The minimum Gasteiger partial charge on any atom is -0.481 e. The summed E-state index contributed by atoms with van der Waals surface area (Å²) >= 11 is 0. The normalized spacial score (nSPS) is 11.9. The summed E-state index contributed by atoms with van der Waals surface area (Å²) < 4.78 is 21.6. The van der Waals surface area contributed by atoms with E-state index in [0.717, 1.165) is 5.56 Å². The third kappa shape index (κ3) is 31.1. The van der Waals surface area contributed by atoms with E-state index in [1.807, 2.05) is 6.07 Å². The highest BCUT2D eigenvalue weighted by Crippen LogP contribution is 2.06. The monoisotopic (exact) mass is 936 g/mol. The zero-order valence-electron chi connectivity index (χ0n) is 36.8. The molecule has 0 aliphatic rings. The lowest BCUT2D eigenvalue weighted by atomic mass is 10.1. The summed E-state index contributed by atoms with van der Waals surface area (Å²) in [6.45, 7) is 2.20. The standard InChI is InChI=1S/C39H64N14O13/c40-35(59)30(23-34(57)58)50-33(56)25-47-36(60)28(10-6-13-46-38(41)42)51-37(61)29(52-39(62)48-24-27-7-2-1-3-8-27)9-4-5-12-44-31(54)11-15-63-17-19-65-21-22-66-20-18-64-16-14-45-32(55)26-49-53-43/h1-3,7-8,28-30H,4-6,9-26H2,(H2,40,59)(H,44,54)(H,45,55)(H,47,60)(H,50,56)(H,51,61)(H,57,58)(H4,41,42,46)(H2,48,52,62)/t28-,29-,30-/m0/s1. The summed E-state index contributed by atoms with van der Waals surface area (Å²) in [4.78, 5) is 101. The van der Waals surface area contributed by atoms with Crippen molar-refractivity contribution in [3.05, 3.63) is 46.3 Å². The number of ether oxygens (including phenoxy) is 4. The number of carboxylic acid groups (broad SMARTS) is 1. The zero-order valence-corrected chi connectivity index (χ0v) is 36.8.